The molecule has 0 aliphatic rings. The van der Waals surface area contributed by atoms with Gasteiger partial charge < -0.3 is 0 Å². The summed E-state index contributed by atoms with van der Waals surface area (Å²) in [4.78, 5) is 0. The van der Waals surface area contributed by atoms with Crippen LogP contribution in [0.2, 0.25) is 0 Å². The van der Waals surface area contributed by atoms with Gasteiger partial charge in [-0.2, -0.15) is 5.10 Å². The van der Waals surface area contributed by atoms with Crippen molar-refractivity contribution in [1.29, 1.82) is 0 Å². The van der Waals surface area contributed by atoms with Gasteiger partial charge in [-0.05, 0) is 18.8 Å². The van der Waals surface area contributed by atoms with E-state index in [4.69, 9.17) is 0 Å². The summed E-state index contributed by atoms with van der Waals surface area (Å²) in [6.45, 7) is 7.79. The second-order valence-corrected chi connectivity index (χ2v) is 4.97. The van der Waals surface area contributed by atoms with Crippen LogP contribution in [0.4, 0.5) is 0 Å². The number of aryl methyl sites for hydroxylation is 1. The third-order valence-corrected chi connectivity index (χ3v) is 3.19. The van der Waals surface area contributed by atoms with Crippen LogP contribution in [0.5, 0.6) is 0 Å². The lowest BCUT2D eigenvalue weighted by atomic mass is 10.1. The molecule has 0 aliphatic carbocycles. The first kappa shape index (κ1) is 12.8. The van der Waals surface area contributed by atoms with E-state index < -0.39 is 0 Å². The summed E-state index contributed by atoms with van der Waals surface area (Å²) in [5, 5.41) is 5.38. The van der Waals surface area contributed by atoms with E-state index in [0.717, 1.165) is 24.2 Å². The fourth-order valence-electron chi connectivity index (χ4n) is 1.66. The molecular formula is C12H21BrN2. The van der Waals surface area contributed by atoms with E-state index in [-0.39, 0.29) is 0 Å². The maximum Gasteiger partial charge on any atom is 0.0533 e. The van der Waals surface area contributed by atoms with E-state index in [0.29, 0.717) is 0 Å². The summed E-state index contributed by atoms with van der Waals surface area (Å²) in [6, 6.07) is 0. The molecule has 3 heteroatoms. The van der Waals surface area contributed by atoms with Crippen LogP contribution in [0, 0.1) is 5.92 Å². The minimum atomic E-state index is 0.746. The fraction of sp³-hybridized carbons (Fsp3) is 0.750. The van der Waals surface area contributed by atoms with Crippen LogP contribution in [0.3, 0.4) is 0 Å². The maximum absolute atomic E-state index is 4.46. The van der Waals surface area contributed by atoms with Crippen LogP contribution in [0.15, 0.2) is 6.20 Å². The highest BCUT2D eigenvalue weighted by Gasteiger charge is 2.08. The molecule has 0 radical (unpaired) electrons. The lowest BCUT2D eigenvalue weighted by Gasteiger charge is -2.09. The minimum Gasteiger partial charge on any atom is -0.269 e. The number of nitrogens with zero attached hydrogens (tertiary/aromatic N) is 2. The van der Waals surface area contributed by atoms with Crippen LogP contribution < -0.4 is 0 Å². The zero-order chi connectivity index (χ0) is 11.3. The van der Waals surface area contributed by atoms with Crippen molar-refractivity contribution in [3.8, 4) is 0 Å². The molecule has 0 N–H and O–H groups in total. The predicted octanol–water partition coefficient (Wildman–Crippen LogP) is 3.78. The second kappa shape index (κ2) is 6.31. The highest BCUT2D eigenvalue weighted by molar-refractivity contribution is 9.08. The summed E-state index contributed by atoms with van der Waals surface area (Å²) in [6.07, 6.45) is 5.53. The van der Waals surface area contributed by atoms with Gasteiger partial charge in [0.15, 0.2) is 0 Å². The van der Waals surface area contributed by atoms with Crippen molar-refractivity contribution in [3.05, 3.63) is 17.5 Å². The van der Waals surface area contributed by atoms with E-state index >= 15 is 0 Å². The quantitative estimate of drug-likeness (QED) is 0.721. The van der Waals surface area contributed by atoms with Gasteiger partial charge in [0.1, 0.15) is 0 Å². The lowest BCUT2D eigenvalue weighted by Crippen LogP contribution is -2.08. The Morgan fingerprint density at radius 1 is 1.47 bits per heavy atom. The highest BCUT2D eigenvalue weighted by Crippen LogP contribution is 2.15. The average Bonchev–Trinajstić information content (AvgIpc) is 2.58. The molecule has 1 aromatic rings. The standard InChI is InChI=1S/C12H21BrN2/c1-4-5-12-11(8-13)9-14-15(12)7-6-10(2)3/h9-10H,4-8H2,1-3H3. The normalized spacial score (nSPS) is 11.3. The van der Waals surface area contributed by atoms with Crippen molar-refractivity contribution in [2.45, 2.75) is 51.9 Å². The van der Waals surface area contributed by atoms with E-state index in [1.807, 2.05) is 6.20 Å². The summed E-state index contributed by atoms with van der Waals surface area (Å²) in [5.74, 6) is 0.746. The molecular weight excluding hydrogens is 252 g/mol. The highest BCUT2D eigenvalue weighted by atomic mass is 79.9. The van der Waals surface area contributed by atoms with E-state index in [2.05, 4.69) is 46.5 Å². The van der Waals surface area contributed by atoms with Gasteiger partial charge in [0.05, 0.1) is 6.20 Å². The molecule has 0 aliphatic heterocycles. The Balaban J connectivity index is 2.72. The smallest absolute Gasteiger partial charge is 0.0533 e. The monoisotopic (exact) mass is 272 g/mol. The third kappa shape index (κ3) is 3.63. The Hall–Kier alpha value is -0.310. The van der Waals surface area contributed by atoms with Gasteiger partial charge in [-0.1, -0.05) is 43.1 Å². The minimum absolute atomic E-state index is 0.746. The predicted molar refractivity (Wildman–Crippen MR) is 68.3 cm³/mol. The van der Waals surface area contributed by atoms with Gasteiger partial charge in [-0.15, -0.1) is 0 Å². The van der Waals surface area contributed by atoms with Gasteiger partial charge >= 0.3 is 0 Å². The van der Waals surface area contributed by atoms with Crippen LogP contribution in [-0.4, -0.2) is 9.78 Å². The second-order valence-electron chi connectivity index (χ2n) is 4.41. The third-order valence-electron chi connectivity index (χ3n) is 2.58. The zero-order valence-corrected chi connectivity index (χ0v) is 11.5. The first-order chi connectivity index (χ1) is 7.19. The number of aromatic nitrogens is 2. The number of alkyl halides is 1. The SMILES string of the molecule is CCCc1c(CBr)cnn1CCC(C)C. The first-order valence-corrected chi connectivity index (χ1v) is 6.90. The number of halogens is 1. The van der Waals surface area contributed by atoms with Gasteiger partial charge in [0, 0.05) is 23.1 Å². The van der Waals surface area contributed by atoms with Crippen molar-refractivity contribution in [2.24, 2.45) is 5.92 Å². The van der Waals surface area contributed by atoms with Crippen LogP contribution in [0.1, 0.15) is 44.9 Å². The van der Waals surface area contributed by atoms with Gasteiger partial charge in [-0.25, -0.2) is 0 Å². The van der Waals surface area contributed by atoms with E-state index in [1.54, 1.807) is 0 Å². The summed E-state index contributed by atoms with van der Waals surface area (Å²) in [5.41, 5.74) is 2.76. The molecule has 0 atom stereocenters. The van der Waals surface area contributed by atoms with Crippen molar-refractivity contribution < 1.29 is 0 Å². The molecule has 0 saturated heterocycles. The Kier molecular flexibility index (Phi) is 5.37. The largest absolute Gasteiger partial charge is 0.269 e. The first-order valence-electron chi connectivity index (χ1n) is 5.78. The molecule has 0 fully saturated rings. The van der Waals surface area contributed by atoms with Crippen LogP contribution in [-0.2, 0) is 18.3 Å². The van der Waals surface area contributed by atoms with Crippen molar-refractivity contribution in [2.75, 3.05) is 0 Å². The van der Waals surface area contributed by atoms with Gasteiger partial charge in [0.25, 0.3) is 0 Å². The molecule has 1 heterocycles. The lowest BCUT2D eigenvalue weighted by molar-refractivity contribution is 0.474. The van der Waals surface area contributed by atoms with Crippen LogP contribution in [0.25, 0.3) is 0 Å². The Morgan fingerprint density at radius 2 is 2.20 bits per heavy atom. The van der Waals surface area contributed by atoms with E-state index in [9.17, 15) is 0 Å². The Labute approximate surface area is 101 Å². The maximum atomic E-state index is 4.46. The molecule has 0 aromatic carbocycles. The van der Waals surface area contributed by atoms with E-state index in [1.165, 1.54) is 24.1 Å². The summed E-state index contributed by atoms with van der Waals surface area (Å²) < 4.78 is 2.18. The number of hydrogen-bond donors (Lipinski definition) is 0. The fourth-order valence-corrected chi connectivity index (χ4v) is 2.13. The van der Waals surface area contributed by atoms with Crippen molar-refractivity contribution in [3.63, 3.8) is 0 Å². The molecule has 1 rings (SSSR count). The Morgan fingerprint density at radius 3 is 2.73 bits per heavy atom. The molecule has 0 amide bonds. The molecule has 15 heavy (non-hydrogen) atoms. The molecule has 0 saturated carbocycles. The van der Waals surface area contributed by atoms with Crippen molar-refractivity contribution >= 4 is 15.9 Å². The Bertz CT molecular complexity index is 292. The summed E-state index contributed by atoms with van der Waals surface area (Å²) in [7, 11) is 0. The summed E-state index contributed by atoms with van der Waals surface area (Å²) >= 11 is 3.52. The van der Waals surface area contributed by atoms with Gasteiger partial charge in [-0.3, -0.25) is 4.68 Å². The number of rotatable bonds is 6. The molecule has 1 aromatic heterocycles. The van der Waals surface area contributed by atoms with Gasteiger partial charge in [0.2, 0.25) is 0 Å². The molecule has 2 nitrogen and oxygen atoms in total. The topological polar surface area (TPSA) is 17.8 Å². The molecule has 0 bridgehead atoms. The molecule has 86 valence electrons. The molecule has 0 spiro atoms. The zero-order valence-electron chi connectivity index (χ0n) is 9.96. The van der Waals surface area contributed by atoms with Crippen molar-refractivity contribution in [1.82, 2.24) is 9.78 Å². The average molecular weight is 273 g/mol. The van der Waals surface area contributed by atoms with Crippen LogP contribution >= 0.6 is 15.9 Å². The number of hydrogen-bond acceptors (Lipinski definition) is 1. The molecule has 0 unspecified atom stereocenters.